The molecule has 1 unspecified atom stereocenters. The van der Waals surface area contributed by atoms with Crippen molar-refractivity contribution in [3.63, 3.8) is 0 Å². The largest absolute Gasteiger partial charge is 0.493 e. The number of ether oxygens (including phenoxy) is 1. The molecule has 3 nitrogen and oxygen atoms in total. The van der Waals surface area contributed by atoms with Crippen LogP contribution >= 0.6 is 11.6 Å². The maximum absolute atomic E-state index is 10.7. The summed E-state index contributed by atoms with van der Waals surface area (Å²) in [7, 11) is 0. The van der Waals surface area contributed by atoms with Crippen LogP contribution in [0, 0.1) is 0 Å². The van der Waals surface area contributed by atoms with Gasteiger partial charge >= 0.3 is 0 Å². The summed E-state index contributed by atoms with van der Waals surface area (Å²) in [5.74, 6) is 0.874. The second kappa shape index (κ2) is 5.08. The summed E-state index contributed by atoms with van der Waals surface area (Å²) in [5.41, 5.74) is 1.85. The lowest BCUT2D eigenvalue weighted by Crippen LogP contribution is -2.24. The molecule has 0 saturated heterocycles. The van der Waals surface area contributed by atoms with Gasteiger partial charge in [0.2, 0.25) is 0 Å². The zero-order chi connectivity index (χ0) is 14.2. The lowest BCUT2D eigenvalue weighted by atomic mass is 9.89. The molecule has 4 heteroatoms. The Labute approximate surface area is 123 Å². The van der Waals surface area contributed by atoms with Gasteiger partial charge in [-0.15, -0.1) is 0 Å². The topological polar surface area (TPSA) is 42.4 Å². The fourth-order valence-electron chi connectivity index (χ4n) is 2.63. The van der Waals surface area contributed by atoms with Crippen molar-refractivity contribution < 1.29 is 9.84 Å². The minimum absolute atomic E-state index is 0.446. The molecule has 1 N–H and O–H groups in total. The molecular formula is C16H16ClNO2. The Balaban J connectivity index is 1.96. The Bertz CT molecular complexity index is 626. The molecule has 2 heterocycles. The van der Waals surface area contributed by atoms with Crippen LogP contribution in [0.1, 0.15) is 23.6 Å². The molecule has 1 atom stereocenters. The van der Waals surface area contributed by atoms with Crippen LogP contribution in [0.3, 0.4) is 0 Å². The molecule has 20 heavy (non-hydrogen) atoms. The van der Waals surface area contributed by atoms with E-state index >= 15 is 0 Å². The average Bonchev–Trinajstić information content (AvgIpc) is 2.87. The summed E-state index contributed by atoms with van der Waals surface area (Å²) >= 11 is 6.15. The Morgan fingerprint density at radius 3 is 3.05 bits per heavy atom. The van der Waals surface area contributed by atoms with Gasteiger partial charge in [-0.05, 0) is 36.2 Å². The predicted octanol–water partition coefficient (Wildman–Crippen LogP) is 3.12. The van der Waals surface area contributed by atoms with E-state index < -0.39 is 5.60 Å². The van der Waals surface area contributed by atoms with Crippen LogP contribution in [0.4, 0.5) is 0 Å². The second-order valence-electron chi connectivity index (χ2n) is 5.34. The summed E-state index contributed by atoms with van der Waals surface area (Å²) in [6, 6.07) is 7.50. The molecule has 0 amide bonds. The Morgan fingerprint density at radius 2 is 2.30 bits per heavy atom. The van der Waals surface area contributed by atoms with Gasteiger partial charge in [0.05, 0.1) is 12.2 Å². The van der Waals surface area contributed by atoms with Crippen LogP contribution in [0.15, 0.2) is 36.7 Å². The molecule has 0 spiro atoms. The van der Waals surface area contributed by atoms with Gasteiger partial charge < -0.3 is 9.84 Å². The van der Waals surface area contributed by atoms with Gasteiger partial charge in [0.1, 0.15) is 5.75 Å². The number of fused-ring (bicyclic) bond motifs is 1. The number of nitrogens with zero attached hydrogens (tertiary/aromatic N) is 1. The monoisotopic (exact) mass is 289 g/mol. The standard InChI is InChI=1S/C16H16ClNO2/c1-16(19,13-3-2-5-18-10-13)9-12-8-14(17)7-11-4-6-20-15(11)12/h2-3,5,7-8,10,19H,4,6,9H2,1H3. The van der Waals surface area contributed by atoms with E-state index in [2.05, 4.69) is 4.98 Å². The Hall–Kier alpha value is -1.58. The molecule has 0 aliphatic carbocycles. The van der Waals surface area contributed by atoms with Crippen LogP contribution in [0.25, 0.3) is 0 Å². The van der Waals surface area contributed by atoms with E-state index in [9.17, 15) is 5.11 Å². The van der Waals surface area contributed by atoms with Crippen LogP contribution in [-0.2, 0) is 18.4 Å². The summed E-state index contributed by atoms with van der Waals surface area (Å²) in [4.78, 5) is 4.07. The first kappa shape index (κ1) is 13.4. The van der Waals surface area contributed by atoms with Crippen molar-refractivity contribution in [1.82, 2.24) is 4.98 Å². The minimum atomic E-state index is -1.00. The second-order valence-corrected chi connectivity index (χ2v) is 5.78. The number of pyridine rings is 1. The SMILES string of the molecule is CC(O)(Cc1cc(Cl)cc2c1OCC2)c1cccnc1. The lowest BCUT2D eigenvalue weighted by Gasteiger charge is -2.24. The van der Waals surface area contributed by atoms with Gasteiger partial charge in [-0.25, -0.2) is 0 Å². The zero-order valence-corrected chi connectivity index (χ0v) is 12.0. The van der Waals surface area contributed by atoms with E-state index in [1.807, 2.05) is 24.3 Å². The van der Waals surface area contributed by atoms with Crippen molar-refractivity contribution in [3.05, 3.63) is 58.4 Å². The smallest absolute Gasteiger partial charge is 0.126 e. The van der Waals surface area contributed by atoms with Crippen LogP contribution in [-0.4, -0.2) is 16.7 Å². The van der Waals surface area contributed by atoms with E-state index in [4.69, 9.17) is 16.3 Å². The molecule has 1 aromatic carbocycles. The number of aliphatic hydroxyl groups is 1. The number of halogens is 1. The molecule has 104 valence electrons. The van der Waals surface area contributed by atoms with Crippen molar-refractivity contribution >= 4 is 11.6 Å². The number of rotatable bonds is 3. The molecule has 1 aliphatic heterocycles. The van der Waals surface area contributed by atoms with Gasteiger partial charge in [-0.2, -0.15) is 0 Å². The molecule has 0 saturated carbocycles. The molecule has 3 rings (SSSR count). The van der Waals surface area contributed by atoms with Gasteiger partial charge in [0, 0.05) is 35.8 Å². The molecule has 1 aromatic heterocycles. The van der Waals surface area contributed by atoms with Crippen molar-refractivity contribution in [2.45, 2.75) is 25.4 Å². The number of aromatic nitrogens is 1. The molecular weight excluding hydrogens is 274 g/mol. The van der Waals surface area contributed by atoms with Gasteiger partial charge in [0.15, 0.2) is 0 Å². The van der Waals surface area contributed by atoms with Crippen molar-refractivity contribution in [2.24, 2.45) is 0 Å². The van der Waals surface area contributed by atoms with Crippen molar-refractivity contribution in [3.8, 4) is 5.75 Å². The first-order valence-electron chi connectivity index (χ1n) is 6.63. The summed E-state index contributed by atoms with van der Waals surface area (Å²) in [6.45, 7) is 2.46. The van der Waals surface area contributed by atoms with Crippen LogP contribution in [0.5, 0.6) is 5.75 Å². The number of benzene rings is 1. The van der Waals surface area contributed by atoms with E-state index in [0.29, 0.717) is 18.1 Å². The summed E-state index contributed by atoms with van der Waals surface area (Å²) in [5, 5.41) is 11.4. The predicted molar refractivity (Wildman–Crippen MR) is 78.2 cm³/mol. The maximum atomic E-state index is 10.7. The highest BCUT2D eigenvalue weighted by molar-refractivity contribution is 6.30. The third-order valence-electron chi connectivity index (χ3n) is 3.64. The molecule has 0 bridgehead atoms. The summed E-state index contributed by atoms with van der Waals surface area (Å²) in [6.07, 6.45) is 4.70. The Morgan fingerprint density at radius 1 is 1.45 bits per heavy atom. The highest BCUT2D eigenvalue weighted by Crippen LogP contribution is 2.36. The third kappa shape index (κ3) is 2.51. The number of hydrogen-bond donors (Lipinski definition) is 1. The highest BCUT2D eigenvalue weighted by Gasteiger charge is 2.27. The quantitative estimate of drug-likeness (QED) is 0.944. The average molecular weight is 290 g/mol. The third-order valence-corrected chi connectivity index (χ3v) is 3.86. The zero-order valence-electron chi connectivity index (χ0n) is 11.3. The van der Waals surface area contributed by atoms with E-state index in [0.717, 1.165) is 28.9 Å². The van der Waals surface area contributed by atoms with Gasteiger partial charge in [0.25, 0.3) is 0 Å². The van der Waals surface area contributed by atoms with Gasteiger partial charge in [-0.1, -0.05) is 17.7 Å². The summed E-state index contributed by atoms with van der Waals surface area (Å²) < 4.78 is 5.68. The fraction of sp³-hybridized carbons (Fsp3) is 0.312. The molecule has 2 aromatic rings. The van der Waals surface area contributed by atoms with Crippen LogP contribution < -0.4 is 4.74 Å². The molecule has 0 fully saturated rings. The Kier molecular flexibility index (Phi) is 3.40. The van der Waals surface area contributed by atoms with Crippen molar-refractivity contribution in [1.29, 1.82) is 0 Å². The first-order valence-corrected chi connectivity index (χ1v) is 7.01. The minimum Gasteiger partial charge on any atom is -0.493 e. The normalized spacial score (nSPS) is 16.4. The van der Waals surface area contributed by atoms with E-state index in [1.165, 1.54) is 0 Å². The highest BCUT2D eigenvalue weighted by atomic mass is 35.5. The van der Waals surface area contributed by atoms with Crippen molar-refractivity contribution in [2.75, 3.05) is 6.61 Å². The molecule has 0 radical (unpaired) electrons. The fourth-order valence-corrected chi connectivity index (χ4v) is 2.90. The van der Waals surface area contributed by atoms with Crippen LogP contribution in [0.2, 0.25) is 5.02 Å². The maximum Gasteiger partial charge on any atom is 0.126 e. The van der Waals surface area contributed by atoms with E-state index in [-0.39, 0.29) is 0 Å². The van der Waals surface area contributed by atoms with Gasteiger partial charge in [-0.3, -0.25) is 4.98 Å². The van der Waals surface area contributed by atoms with E-state index in [1.54, 1.807) is 19.3 Å². The lowest BCUT2D eigenvalue weighted by molar-refractivity contribution is 0.0566. The first-order chi connectivity index (χ1) is 9.56. The number of hydrogen-bond acceptors (Lipinski definition) is 3. The molecule has 1 aliphatic rings.